The van der Waals surface area contributed by atoms with Gasteiger partial charge >= 0.3 is 0 Å². The fourth-order valence-electron chi connectivity index (χ4n) is 2.73. The number of benzene rings is 2. The maximum absolute atomic E-state index is 12.7. The summed E-state index contributed by atoms with van der Waals surface area (Å²) in [7, 11) is 0. The zero-order chi connectivity index (χ0) is 18.8. The lowest BCUT2D eigenvalue weighted by Gasteiger charge is -2.22. The summed E-state index contributed by atoms with van der Waals surface area (Å²) >= 11 is 0. The second kappa shape index (κ2) is 12.1. The quantitative estimate of drug-likeness (QED) is 0.636. The van der Waals surface area contributed by atoms with E-state index in [1.807, 2.05) is 60.7 Å². The number of carbonyl (C=O) groups is 2. The number of halogens is 1. The van der Waals surface area contributed by atoms with Crippen LogP contribution in [0.25, 0.3) is 0 Å². The Hall–Kier alpha value is -2.37. The molecule has 0 fully saturated rings. The Bertz CT molecular complexity index is 638. The number of anilines is 2. The molecule has 0 aliphatic rings. The van der Waals surface area contributed by atoms with Gasteiger partial charge in [0.05, 0.1) is 0 Å². The van der Waals surface area contributed by atoms with Gasteiger partial charge in [-0.1, -0.05) is 50.2 Å². The summed E-state index contributed by atoms with van der Waals surface area (Å²) in [5.41, 5.74) is 1.38. The molecule has 0 atom stereocenters. The van der Waals surface area contributed by atoms with Crippen LogP contribution in [-0.4, -0.2) is 36.3 Å². The second-order valence-corrected chi connectivity index (χ2v) is 6.08. The third kappa shape index (κ3) is 7.41. The Balaban J connectivity index is 0.00000364. The van der Waals surface area contributed by atoms with Gasteiger partial charge in [-0.25, -0.2) is 0 Å². The molecule has 2 aromatic rings. The van der Waals surface area contributed by atoms with E-state index in [-0.39, 0.29) is 24.2 Å². The lowest BCUT2D eigenvalue weighted by atomic mass is 10.0. The van der Waals surface area contributed by atoms with Crippen molar-refractivity contribution in [3.8, 4) is 0 Å². The largest absolute Gasteiger partial charge is 0.325 e. The molecule has 0 saturated heterocycles. The molecule has 0 saturated carbocycles. The van der Waals surface area contributed by atoms with E-state index in [0.29, 0.717) is 24.3 Å². The minimum atomic E-state index is -0.754. The number of carbonyl (C=O) groups excluding carboxylic acids is 2. The fourth-order valence-corrected chi connectivity index (χ4v) is 2.73. The number of amides is 2. The molecule has 2 rings (SSSR count). The van der Waals surface area contributed by atoms with E-state index < -0.39 is 5.92 Å². The molecule has 6 heteroatoms. The summed E-state index contributed by atoms with van der Waals surface area (Å²) in [5, 5.41) is 5.70. The van der Waals surface area contributed by atoms with Crippen molar-refractivity contribution in [3.05, 3.63) is 60.7 Å². The van der Waals surface area contributed by atoms with Gasteiger partial charge in [-0.15, -0.1) is 12.4 Å². The van der Waals surface area contributed by atoms with Gasteiger partial charge in [-0.2, -0.15) is 0 Å². The van der Waals surface area contributed by atoms with Gasteiger partial charge < -0.3 is 15.5 Å². The lowest BCUT2D eigenvalue weighted by Crippen LogP contribution is -2.37. The molecule has 2 N–H and O–H groups in total. The molecular weight excluding hydrogens is 362 g/mol. The molecule has 0 spiro atoms. The molecule has 0 bridgehead atoms. The van der Waals surface area contributed by atoms with Crippen molar-refractivity contribution in [1.29, 1.82) is 0 Å². The van der Waals surface area contributed by atoms with E-state index >= 15 is 0 Å². The van der Waals surface area contributed by atoms with Crippen LogP contribution < -0.4 is 10.6 Å². The highest BCUT2D eigenvalue weighted by atomic mass is 35.5. The number of nitrogens with one attached hydrogen (secondary N) is 2. The van der Waals surface area contributed by atoms with Gasteiger partial charge in [-0.05, 0) is 50.3 Å². The SMILES string of the molecule is CCN(CC)CCC(C(=O)Nc1ccccc1)C(=O)Nc1ccccc1.Cl. The van der Waals surface area contributed by atoms with Crippen molar-refractivity contribution < 1.29 is 9.59 Å². The highest BCUT2D eigenvalue weighted by Crippen LogP contribution is 2.15. The normalized spacial score (nSPS) is 10.4. The molecule has 0 aliphatic carbocycles. The van der Waals surface area contributed by atoms with Crippen LogP contribution in [0.2, 0.25) is 0 Å². The first-order valence-corrected chi connectivity index (χ1v) is 9.08. The number of hydrogen-bond donors (Lipinski definition) is 2. The Morgan fingerprint density at radius 3 is 1.59 bits per heavy atom. The standard InChI is InChI=1S/C21H27N3O2.ClH/c1-3-24(4-2)16-15-19(20(25)22-17-11-7-5-8-12-17)21(26)23-18-13-9-6-10-14-18;/h5-14,19H,3-4,15-16H2,1-2H3,(H,22,25)(H,23,26);1H. The van der Waals surface area contributed by atoms with Crippen LogP contribution in [0.3, 0.4) is 0 Å². The monoisotopic (exact) mass is 389 g/mol. The Kier molecular flexibility index (Phi) is 10.2. The van der Waals surface area contributed by atoms with E-state index in [1.165, 1.54) is 0 Å². The maximum Gasteiger partial charge on any atom is 0.237 e. The number of rotatable bonds is 9. The predicted octanol–water partition coefficient (Wildman–Crippen LogP) is 4.03. The predicted molar refractivity (Wildman–Crippen MR) is 113 cm³/mol. The molecular formula is C21H28ClN3O2. The van der Waals surface area contributed by atoms with Crippen molar-refractivity contribution >= 4 is 35.6 Å². The van der Waals surface area contributed by atoms with Crippen molar-refractivity contribution in [3.63, 3.8) is 0 Å². The van der Waals surface area contributed by atoms with Crippen LogP contribution in [0.1, 0.15) is 20.3 Å². The van der Waals surface area contributed by atoms with E-state index in [1.54, 1.807) is 0 Å². The van der Waals surface area contributed by atoms with Crippen molar-refractivity contribution in [2.24, 2.45) is 5.92 Å². The number of para-hydroxylation sites is 2. The lowest BCUT2D eigenvalue weighted by molar-refractivity contribution is -0.129. The van der Waals surface area contributed by atoms with Gasteiger partial charge in [0.2, 0.25) is 11.8 Å². The van der Waals surface area contributed by atoms with Crippen LogP contribution in [0, 0.1) is 5.92 Å². The number of nitrogens with zero attached hydrogens (tertiary/aromatic N) is 1. The molecule has 0 aliphatic heterocycles. The summed E-state index contributed by atoms with van der Waals surface area (Å²) in [5.74, 6) is -1.32. The van der Waals surface area contributed by atoms with Crippen molar-refractivity contribution in [2.75, 3.05) is 30.3 Å². The van der Waals surface area contributed by atoms with E-state index in [0.717, 1.165) is 13.1 Å². The molecule has 0 heterocycles. The average molecular weight is 390 g/mol. The summed E-state index contributed by atoms with van der Waals surface area (Å²) in [6.07, 6.45) is 0.471. The Morgan fingerprint density at radius 1 is 0.815 bits per heavy atom. The molecule has 0 radical (unpaired) electrons. The van der Waals surface area contributed by atoms with Crippen molar-refractivity contribution in [1.82, 2.24) is 4.90 Å². The first-order valence-electron chi connectivity index (χ1n) is 9.08. The zero-order valence-electron chi connectivity index (χ0n) is 15.9. The summed E-state index contributed by atoms with van der Waals surface area (Å²) in [4.78, 5) is 27.7. The highest BCUT2D eigenvalue weighted by molar-refractivity contribution is 6.10. The first-order chi connectivity index (χ1) is 12.6. The average Bonchev–Trinajstić information content (AvgIpc) is 2.66. The molecule has 2 aromatic carbocycles. The maximum atomic E-state index is 12.7. The van der Waals surface area contributed by atoms with Crippen LogP contribution in [0.4, 0.5) is 11.4 Å². The number of hydrogen-bond acceptors (Lipinski definition) is 3. The fraction of sp³-hybridized carbons (Fsp3) is 0.333. The van der Waals surface area contributed by atoms with E-state index in [9.17, 15) is 9.59 Å². The van der Waals surface area contributed by atoms with Crippen LogP contribution >= 0.6 is 12.4 Å². The van der Waals surface area contributed by atoms with Gasteiger partial charge in [0.25, 0.3) is 0 Å². The van der Waals surface area contributed by atoms with Crippen LogP contribution in [0.5, 0.6) is 0 Å². The Labute approximate surface area is 167 Å². The van der Waals surface area contributed by atoms with Gasteiger partial charge in [0, 0.05) is 11.4 Å². The highest BCUT2D eigenvalue weighted by Gasteiger charge is 2.27. The molecule has 27 heavy (non-hydrogen) atoms. The Morgan fingerprint density at radius 2 is 1.22 bits per heavy atom. The third-order valence-corrected chi connectivity index (χ3v) is 4.34. The molecule has 2 amide bonds. The molecule has 146 valence electrons. The first kappa shape index (κ1) is 22.7. The topological polar surface area (TPSA) is 61.4 Å². The minimum absolute atomic E-state index is 0. The minimum Gasteiger partial charge on any atom is -0.325 e. The molecule has 5 nitrogen and oxygen atoms in total. The molecule has 0 unspecified atom stereocenters. The summed E-state index contributed by atoms with van der Waals surface area (Å²) in [6, 6.07) is 18.4. The van der Waals surface area contributed by atoms with Gasteiger partial charge in [0.1, 0.15) is 5.92 Å². The third-order valence-electron chi connectivity index (χ3n) is 4.34. The van der Waals surface area contributed by atoms with E-state index in [2.05, 4.69) is 29.4 Å². The van der Waals surface area contributed by atoms with Crippen molar-refractivity contribution in [2.45, 2.75) is 20.3 Å². The smallest absolute Gasteiger partial charge is 0.237 e. The summed E-state index contributed by atoms with van der Waals surface area (Å²) < 4.78 is 0. The summed E-state index contributed by atoms with van der Waals surface area (Å²) in [6.45, 7) is 6.63. The zero-order valence-corrected chi connectivity index (χ0v) is 16.7. The van der Waals surface area contributed by atoms with Gasteiger partial charge in [-0.3, -0.25) is 9.59 Å². The van der Waals surface area contributed by atoms with Crippen LogP contribution in [0.15, 0.2) is 60.7 Å². The van der Waals surface area contributed by atoms with Gasteiger partial charge in [0.15, 0.2) is 0 Å². The second-order valence-electron chi connectivity index (χ2n) is 6.08. The molecule has 0 aromatic heterocycles. The van der Waals surface area contributed by atoms with E-state index in [4.69, 9.17) is 0 Å². The van der Waals surface area contributed by atoms with Crippen LogP contribution in [-0.2, 0) is 9.59 Å².